The van der Waals surface area contributed by atoms with E-state index >= 15 is 0 Å². The van der Waals surface area contributed by atoms with Crippen LogP contribution in [0.5, 0.6) is 0 Å². The van der Waals surface area contributed by atoms with Crippen LogP contribution in [0.3, 0.4) is 0 Å². The highest BCUT2D eigenvalue weighted by Gasteiger charge is 2.58. The zero-order chi connectivity index (χ0) is 14.3. The molecule has 7 heteroatoms. The number of ether oxygens (including phenoxy) is 1. The highest BCUT2D eigenvalue weighted by atomic mass is 19.4. The van der Waals surface area contributed by atoms with Crippen LogP contribution in [-0.4, -0.2) is 30.6 Å². The van der Waals surface area contributed by atoms with Crippen LogP contribution < -0.4 is 5.73 Å². The van der Waals surface area contributed by atoms with Crippen LogP contribution in [0.2, 0.25) is 0 Å². The van der Waals surface area contributed by atoms with Crippen molar-refractivity contribution in [2.24, 2.45) is 11.7 Å². The molecular formula is C12H13F4NO2. The second-order valence-electron chi connectivity index (χ2n) is 4.58. The quantitative estimate of drug-likeness (QED) is 0.808. The Hall–Kier alpha value is -1.18. The molecule has 1 aromatic carbocycles. The average Bonchev–Trinajstić information content (AvgIpc) is 2.67. The molecule has 0 bridgehead atoms. The number of benzene rings is 1. The van der Waals surface area contributed by atoms with Crippen LogP contribution >= 0.6 is 0 Å². The van der Waals surface area contributed by atoms with Gasteiger partial charge in [-0.2, -0.15) is 13.2 Å². The van der Waals surface area contributed by atoms with Crippen molar-refractivity contribution in [3.05, 3.63) is 35.6 Å². The molecule has 1 saturated heterocycles. The number of aliphatic hydroxyl groups excluding tert-OH is 1. The van der Waals surface area contributed by atoms with E-state index in [1.165, 1.54) is 18.2 Å². The Morgan fingerprint density at radius 3 is 2.53 bits per heavy atom. The predicted octanol–water partition coefficient (Wildman–Crippen LogP) is 1.55. The van der Waals surface area contributed by atoms with Crippen molar-refractivity contribution in [1.82, 2.24) is 0 Å². The van der Waals surface area contributed by atoms with Crippen LogP contribution in [-0.2, 0) is 10.3 Å². The number of aliphatic hydroxyl groups is 1. The fourth-order valence-corrected chi connectivity index (χ4v) is 2.42. The van der Waals surface area contributed by atoms with Crippen molar-refractivity contribution < 1.29 is 27.4 Å². The third kappa shape index (κ3) is 2.33. The summed E-state index contributed by atoms with van der Waals surface area (Å²) in [6.07, 6.45) is -6.85. The van der Waals surface area contributed by atoms with Gasteiger partial charge in [0.25, 0.3) is 0 Å². The SMILES string of the molecule is NC1(c2ccccc2F)CO[C@H](C(F)(F)F)C1CO. The highest BCUT2D eigenvalue weighted by molar-refractivity contribution is 5.29. The molecule has 1 aliphatic heterocycles. The van der Waals surface area contributed by atoms with Gasteiger partial charge in [0, 0.05) is 11.5 Å². The lowest BCUT2D eigenvalue weighted by Gasteiger charge is -2.31. The molecule has 3 N–H and O–H groups in total. The zero-order valence-electron chi connectivity index (χ0n) is 9.82. The standard InChI is InChI=1S/C12H13F4NO2/c13-9-4-2-1-3-7(9)11(17)6-19-10(8(11)5-18)12(14,15)16/h1-4,8,10,18H,5-6,17H2/t8?,10-,11?/m0/s1. The van der Waals surface area contributed by atoms with Gasteiger partial charge in [0.2, 0.25) is 0 Å². The van der Waals surface area contributed by atoms with Gasteiger partial charge in [0.1, 0.15) is 5.82 Å². The fourth-order valence-electron chi connectivity index (χ4n) is 2.42. The molecule has 0 amide bonds. The van der Waals surface area contributed by atoms with E-state index < -0.39 is 42.8 Å². The minimum Gasteiger partial charge on any atom is -0.396 e. The van der Waals surface area contributed by atoms with Crippen molar-refractivity contribution in [3.8, 4) is 0 Å². The fraction of sp³-hybridized carbons (Fsp3) is 0.500. The Morgan fingerprint density at radius 1 is 1.37 bits per heavy atom. The summed E-state index contributed by atoms with van der Waals surface area (Å²) in [5, 5.41) is 9.21. The van der Waals surface area contributed by atoms with Gasteiger partial charge >= 0.3 is 6.18 Å². The van der Waals surface area contributed by atoms with Gasteiger partial charge in [0.15, 0.2) is 6.10 Å². The Labute approximate surface area is 107 Å². The molecule has 0 radical (unpaired) electrons. The molecule has 0 spiro atoms. The number of hydrogen-bond acceptors (Lipinski definition) is 3. The molecule has 1 aliphatic rings. The normalized spacial score (nSPS) is 31.7. The van der Waals surface area contributed by atoms with E-state index in [0.717, 1.165) is 6.07 Å². The third-order valence-electron chi connectivity index (χ3n) is 3.42. The Kier molecular flexibility index (Phi) is 3.55. The lowest BCUT2D eigenvalue weighted by atomic mass is 9.78. The molecular weight excluding hydrogens is 266 g/mol. The summed E-state index contributed by atoms with van der Waals surface area (Å²) in [5.74, 6) is -2.15. The summed E-state index contributed by atoms with van der Waals surface area (Å²) in [5.41, 5.74) is 4.12. The molecule has 2 rings (SSSR count). The monoisotopic (exact) mass is 279 g/mol. The summed E-state index contributed by atoms with van der Waals surface area (Å²) in [6.45, 7) is -1.33. The summed E-state index contributed by atoms with van der Waals surface area (Å²) >= 11 is 0. The number of rotatable bonds is 2. The van der Waals surface area contributed by atoms with Gasteiger partial charge in [0.05, 0.1) is 18.8 Å². The molecule has 0 aliphatic carbocycles. The molecule has 1 heterocycles. The molecule has 3 atom stereocenters. The summed E-state index contributed by atoms with van der Waals surface area (Å²) < 4.78 is 56.7. The van der Waals surface area contributed by atoms with Crippen LogP contribution in [0.4, 0.5) is 17.6 Å². The van der Waals surface area contributed by atoms with Crippen molar-refractivity contribution in [3.63, 3.8) is 0 Å². The van der Waals surface area contributed by atoms with Crippen molar-refractivity contribution in [2.75, 3.05) is 13.2 Å². The van der Waals surface area contributed by atoms with Gasteiger partial charge in [-0.05, 0) is 6.07 Å². The van der Waals surface area contributed by atoms with Crippen LogP contribution in [0.25, 0.3) is 0 Å². The second kappa shape index (κ2) is 4.73. The minimum atomic E-state index is -4.65. The summed E-state index contributed by atoms with van der Waals surface area (Å²) in [4.78, 5) is 0. The maximum atomic E-state index is 13.7. The van der Waals surface area contributed by atoms with Gasteiger partial charge < -0.3 is 15.6 Å². The molecule has 3 nitrogen and oxygen atoms in total. The smallest absolute Gasteiger partial charge is 0.396 e. The number of halogens is 4. The zero-order valence-corrected chi connectivity index (χ0v) is 9.82. The molecule has 0 saturated carbocycles. The lowest BCUT2D eigenvalue weighted by Crippen LogP contribution is -2.50. The first kappa shape index (κ1) is 14.2. The Bertz CT molecular complexity index is 465. The van der Waals surface area contributed by atoms with Gasteiger partial charge in [-0.3, -0.25) is 0 Å². The van der Waals surface area contributed by atoms with E-state index in [9.17, 15) is 22.7 Å². The van der Waals surface area contributed by atoms with Crippen molar-refractivity contribution in [1.29, 1.82) is 0 Å². The van der Waals surface area contributed by atoms with Crippen molar-refractivity contribution in [2.45, 2.75) is 17.8 Å². The predicted molar refractivity (Wildman–Crippen MR) is 58.6 cm³/mol. The van der Waals surface area contributed by atoms with Crippen molar-refractivity contribution >= 4 is 0 Å². The first-order valence-corrected chi connectivity index (χ1v) is 5.64. The molecule has 19 heavy (non-hydrogen) atoms. The molecule has 1 aromatic rings. The van der Waals surface area contributed by atoms with E-state index in [1.54, 1.807) is 0 Å². The lowest BCUT2D eigenvalue weighted by molar-refractivity contribution is -0.219. The van der Waals surface area contributed by atoms with E-state index in [-0.39, 0.29) is 5.56 Å². The summed E-state index contributed by atoms with van der Waals surface area (Å²) in [6, 6.07) is 5.30. The van der Waals surface area contributed by atoms with Crippen LogP contribution in [0.15, 0.2) is 24.3 Å². The molecule has 106 valence electrons. The average molecular weight is 279 g/mol. The molecule has 0 aromatic heterocycles. The van der Waals surface area contributed by atoms with E-state index in [1.807, 2.05) is 0 Å². The first-order chi connectivity index (χ1) is 8.80. The maximum absolute atomic E-state index is 13.7. The van der Waals surface area contributed by atoms with Gasteiger partial charge in [-0.25, -0.2) is 4.39 Å². The number of alkyl halides is 3. The highest BCUT2D eigenvalue weighted by Crippen LogP contribution is 2.44. The van der Waals surface area contributed by atoms with Crippen LogP contribution in [0, 0.1) is 11.7 Å². The topological polar surface area (TPSA) is 55.5 Å². The summed E-state index contributed by atoms with van der Waals surface area (Å²) in [7, 11) is 0. The minimum absolute atomic E-state index is 0.0826. The Morgan fingerprint density at radius 2 is 2.00 bits per heavy atom. The number of hydrogen-bond donors (Lipinski definition) is 2. The van der Waals surface area contributed by atoms with E-state index in [2.05, 4.69) is 4.74 Å². The van der Waals surface area contributed by atoms with E-state index in [0.29, 0.717) is 0 Å². The maximum Gasteiger partial charge on any atom is 0.415 e. The van der Waals surface area contributed by atoms with E-state index in [4.69, 9.17) is 5.73 Å². The van der Waals surface area contributed by atoms with Gasteiger partial charge in [-0.15, -0.1) is 0 Å². The Balaban J connectivity index is 2.42. The molecule has 1 fully saturated rings. The van der Waals surface area contributed by atoms with Gasteiger partial charge in [-0.1, -0.05) is 18.2 Å². The third-order valence-corrected chi connectivity index (χ3v) is 3.42. The number of nitrogens with two attached hydrogens (primary N) is 1. The largest absolute Gasteiger partial charge is 0.415 e. The van der Waals surface area contributed by atoms with Crippen LogP contribution in [0.1, 0.15) is 5.56 Å². The molecule has 2 unspecified atom stereocenters. The first-order valence-electron chi connectivity index (χ1n) is 5.64. The second-order valence-corrected chi connectivity index (χ2v) is 4.58.